The SMILES string of the molecule is Cc1cc(OC(C)C)c([N+](=O)[O-])cc1C(C)C=O. The Labute approximate surface area is 106 Å². The predicted octanol–water partition coefficient (Wildman–Crippen LogP) is 2.99. The first-order valence-corrected chi connectivity index (χ1v) is 5.77. The molecule has 1 aromatic carbocycles. The first-order valence-electron chi connectivity index (χ1n) is 5.77. The third-order valence-corrected chi connectivity index (χ3v) is 2.60. The number of nitro groups is 1. The minimum absolute atomic E-state index is 0.0991. The van der Waals surface area contributed by atoms with E-state index in [1.54, 1.807) is 26.8 Å². The molecule has 0 aliphatic rings. The first kappa shape index (κ1) is 14.2. The third kappa shape index (κ3) is 3.06. The fourth-order valence-electron chi connectivity index (χ4n) is 1.74. The second-order valence-corrected chi connectivity index (χ2v) is 4.52. The molecule has 0 N–H and O–H groups in total. The van der Waals surface area contributed by atoms with Gasteiger partial charge in [-0.1, -0.05) is 6.92 Å². The standard InChI is InChI=1S/C13H17NO4/c1-8(2)18-13-5-9(3)11(10(4)7-15)6-12(13)14(16)17/h5-8,10H,1-4H3. The van der Waals surface area contributed by atoms with E-state index >= 15 is 0 Å². The Hall–Kier alpha value is -1.91. The Balaban J connectivity index is 3.33. The van der Waals surface area contributed by atoms with Crippen LogP contribution in [0, 0.1) is 17.0 Å². The second-order valence-electron chi connectivity index (χ2n) is 4.52. The van der Waals surface area contributed by atoms with Crippen molar-refractivity contribution in [2.45, 2.75) is 39.7 Å². The molecule has 0 aliphatic heterocycles. The average Bonchev–Trinajstić information content (AvgIpc) is 2.27. The van der Waals surface area contributed by atoms with Crippen LogP contribution < -0.4 is 4.74 Å². The molecule has 0 heterocycles. The van der Waals surface area contributed by atoms with Gasteiger partial charge in [-0.25, -0.2) is 0 Å². The molecule has 0 saturated carbocycles. The highest BCUT2D eigenvalue weighted by Gasteiger charge is 2.21. The van der Waals surface area contributed by atoms with Crippen LogP contribution in [0.3, 0.4) is 0 Å². The van der Waals surface area contributed by atoms with Crippen LogP contribution >= 0.6 is 0 Å². The normalized spacial score (nSPS) is 12.3. The summed E-state index contributed by atoms with van der Waals surface area (Å²) in [5.41, 5.74) is 1.38. The lowest BCUT2D eigenvalue weighted by Crippen LogP contribution is -2.09. The molecule has 18 heavy (non-hydrogen) atoms. The van der Waals surface area contributed by atoms with Gasteiger partial charge in [-0.2, -0.15) is 0 Å². The highest BCUT2D eigenvalue weighted by molar-refractivity contribution is 5.65. The van der Waals surface area contributed by atoms with Crippen LogP contribution in [0.1, 0.15) is 37.8 Å². The van der Waals surface area contributed by atoms with Crippen molar-refractivity contribution in [1.29, 1.82) is 0 Å². The molecule has 98 valence electrons. The maximum Gasteiger partial charge on any atom is 0.311 e. The molecule has 1 unspecified atom stereocenters. The number of hydrogen-bond donors (Lipinski definition) is 0. The molecule has 0 spiro atoms. The molecule has 0 fully saturated rings. The molecule has 1 rings (SSSR count). The molecule has 0 bridgehead atoms. The molecular weight excluding hydrogens is 234 g/mol. The van der Waals surface area contributed by atoms with Crippen molar-refractivity contribution in [2.24, 2.45) is 0 Å². The van der Waals surface area contributed by atoms with Crippen molar-refractivity contribution in [3.8, 4) is 5.75 Å². The van der Waals surface area contributed by atoms with E-state index in [2.05, 4.69) is 0 Å². The van der Waals surface area contributed by atoms with Crippen LogP contribution in [0.25, 0.3) is 0 Å². The molecule has 0 amide bonds. The highest BCUT2D eigenvalue weighted by atomic mass is 16.6. The van der Waals surface area contributed by atoms with Gasteiger partial charge in [-0.3, -0.25) is 10.1 Å². The maximum absolute atomic E-state index is 11.0. The van der Waals surface area contributed by atoms with E-state index in [1.807, 2.05) is 6.92 Å². The number of hydrogen-bond acceptors (Lipinski definition) is 4. The van der Waals surface area contributed by atoms with Gasteiger partial charge in [0, 0.05) is 12.0 Å². The van der Waals surface area contributed by atoms with Gasteiger partial charge in [0.05, 0.1) is 11.0 Å². The van der Waals surface area contributed by atoms with E-state index in [-0.39, 0.29) is 23.5 Å². The van der Waals surface area contributed by atoms with Crippen molar-refractivity contribution in [2.75, 3.05) is 0 Å². The molecule has 1 aromatic rings. The van der Waals surface area contributed by atoms with Crippen LogP contribution in [-0.2, 0) is 4.79 Å². The molecular formula is C13H17NO4. The van der Waals surface area contributed by atoms with E-state index < -0.39 is 4.92 Å². The number of nitro benzene ring substituents is 1. The van der Waals surface area contributed by atoms with Crippen LogP contribution in [0.15, 0.2) is 12.1 Å². The number of carbonyl (C=O) groups is 1. The van der Waals surface area contributed by atoms with Gasteiger partial charge in [0.15, 0.2) is 5.75 Å². The van der Waals surface area contributed by atoms with Gasteiger partial charge < -0.3 is 9.53 Å². The Morgan fingerprint density at radius 2 is 1.94 bits per heavy atom. The zero-order valence-corrected chi connectivity index (χ0v) is 11.0. The van der Waals surface area contributed by atoms with Crippen molar-refractivity contribution in [1.82, 2.24) is 0 Å². The summed E-state index contributed by atoms with van der Waals surface area (Å²) < 4.78 is 5.43. The molecule has 1 atom stereocenters. The summed E-state index contributed by atoms with van der Waals surface area (Å²) in [5.74, 6) is -0.119. The first-order chi connectivity index (χ1) is 8.36. The number of carbonyl (C=O) groups excluding carboxylic acids is 1. The lowest BCUT2D eigenvalue weighted by atomic mass is 9.96. The van der Waals surface area contributed by atoms with E-state index in [9.17, 15) is 14.9 Å². The quantitative estimate of drug-likeness (QED) is 0.458. The fourth-order valence-corrected chi connectivity index (χ4v) is 1.74. The molecule has 5 heteroatoms. The van der Waals surface area contributed by atoms with Crippen molar-refractivity contribution in [3.63, 3.8) is 0 Å². The second kappa shape index (κ2) is 5.62. The van der Waals surface area contributed by atoms with E-state index in [0.717, 1.165) is 11.8 Å². The molecule has 0 aromatic heterocycles. The van der Waals surface area contributed by atoms with Crippen molar-refractivity contribution in [3.05, 3.63) is 33.4 Å². The van der Waals surface area contributed by atoms with Gasteiger partial charge >= 0.3 is 5.69 Å². The number of nitrogens with zero attached hydrogens (tertiary/aromatic N) is 1. The summed E-state index contributed by atoms with van der Waals surface area (Å²) in [5, 5.41) is 11.0. The monoisotopic (exact) mass is 251 g/mol. The Kier molecular flexibility index (Phi) is 4.42. The van der Waals surface area contributed by atoms with Gasteiger partial charge in [-0.15, -0.1) is 0 Å². The zero-order valence-electron chi connectivity index (χ0n) is 11.0. The third-order valence-electron chi connectivity index (χ3n) is 2.60. The van der Waals surface area contributed by atoms with Crippen LogP contribution in [0.4, 0.5) is 5.69 Å². The van der Waals surface area contributed by atoms with Gasteiger partial charge in [-0.05, 0) is 38.0 Å². The smallest absolute Gasteiger partial charge is 0.311 e. The molecule has 0 saturated heterocycles. The van der Waals surface area contributed by atoms with E-state index in [1.165, 1.54) is 6.07 Å². The summed E-state index contributed by atoms with van der Waals surface area (Å²) in [6, 6.07) is 3.04. The molecule has 5 nitrogen and oxygen atoms in total. The van der Waals surface area contributed by atoms with Crippen LogP contribution in [-0.4, -0.2) is 17.3 Å². The highest BCUT2D eigenvalue weighted by Crippen LogP contribution is 2.33. The molecule has 0 aliphatic carbocycles. The summed E-state index contributed by atoms with van der Waals surface area (Å²) >= 11 is 0. The van der Waals surface area contributed by atoms with Gasteiger partial charge in [0.1, 0.15) is 6.29 Å². The van der Waals surface area contributed by atoms with Gasteiger partial charge in [0.25, 0.3) is 0 Å². The van der Waals surface area contributed by atoms with Crippen molar-refractivity contribution < 1.29 is 14.5 Å². The van der Waals surface area contributed by atoms with E-state index in [0.29, 0.717) is 5.56 Å². The Bertz CT molecular complexity index is 468. The summed E-state index contributed by atoms with van der Waals surface area (Å²) in [6.45, 7) is 7.14. The fraction of sp³-hybridized carbons (Fsp3) is 0.462. The van der Waals surface area contributed by atoms with Gasteiger partial charge in [0.2, 0.25) is 0 Å². The average molecular weight is 251 g/mol. The number of benzene rings is 1. The number of ether oxygens (including phenoxy) is 1. The van der Waals surface area contributed by atoms with Crippen LogP contribution in [0.5, 0.6) is 5.75 Å². The summed E-state index contributed by atoms with van der Waals surface area (Å²) in [4.78, 5) is 21.3. The molecule has 0 radical (unpaired) electrons. The summed E-state index contributed by atoms with van der Waals surface area (Å²) in [6.07, 6.45) is 0.632. The number of aldehydes is 1. The topological polar surface area (TPSA) is 69.4 Å². The lowest BCUT2D eigenvalue weighted by Gasteiger charge is -2.14. The van der Waals surface area contributed by atoms with Crippen LogP contribution in [0.2, 0.25) is 0 Å². The Morgan fingerprint density at radius 1 is 1.33 bits per heavy atom. The zero-order chi connectivity index (χ0) is 13.9. The minimum Gasteiger partial charge on any atom is -0.484 e. The number of rotatable bonds is 5. The lowest BCUT2D eigenvalue weighted by molar-refractivity contribution is -0.386. The van der Waals surface area contributed by atoms with Crippen molar-refractivity contribution >= 4 is 12.0 Å². The minimum atomic E-state index is -0.488. The Morgan fingerprint density at radius 3 is 2.39 bits per heavy atom. The number of aryl methyl sites for hydroxylation is 1. The van der Waals surface area contributed by atoms with E-state index in [4.69, 9.17) is 4.74 Å². The largest absolute Gasteiger partial charge is 0.484 e. The maximum atomic E-state index is 11.0. The predicted molar refractivity (Wildman–Crippen MR) is 68.1 cm³/mol. The summed E-state index contributed by atoms with van der Waals surface area (Å²) in [7, 11) is 0.